The predicted molar refractivity (Wildman–Crippen MR) is 64.3 cm³/mol. The van der Waals surface area contributed by atoms with Crippen LogP contribution in [0.25, 0.3) is 0 Å². The molecule has 0 aromatic rings. The molecule has 2 unspecified atom stereocenters. The molecule has 0 spiro atoms. The third-order valence-corrected chi connectivity index (χ3v) is 2.77. The number of carbonyl (C=O) groups excluding carboxylic acids is 2. The second-order valence-electron chi connectivity index (χ2n) is 4.49. The number of amides is 2. The minimum atomic E-state index is -1.24. The largest absolute Gasteiger partial charge is 0.368 e. The number of hydrogen-bond acceptors (Lipinski definition) is 5. The molecule has 2 atom stereocenters. The van der Waals surface area contributed by atoms with Crippen molar-refractivity contribution in [2.45, 2.75) is 25.0 Å². The van der Waals surface area contributed by atoms with Gasteiger partial charge in [0.1, 0.15) is 11.3 Å². The van der Waals surface area contributed by atoms with Crippen LogP contribution in [0.4, 0.5) is 0 Å². The molecule has 0 radical (unpaired) electrons. The maximum Gasteiger partial charge on any atom is 0.265 e. The summed E-state index contributed by atoms with van der Waals surface area (Å²) in [5, 5.41) is 2.95. The number of carbonyl (C=O) groups is 2. The monoisotopic (exact) mass is 241 g/mol. The lowest BCUT2D eigenvalue weighted by Crippen LogP contribution is -2.62. The second kappa shape index (κ2) is 4.80. The molecule has 0 fully saturated rings. The second-order valence-corrected chi connectivity index (χ2v) is 4.49. The van der Waals surface area contributed by atoms with Gasteiger partial charge in [-0.1, -0.05) is 0 Å². The van der Waals surface area contributed by atoms with Gasteiger partial charge in [0.15, 0.2) is 0 Å². The standard InChI is InChI=1S/C10H19N5O2/c1-6-13-7(8(11)16)10(14-6,9(12)17)4-5-15(2)3/h6,14H,4-5H2,1-3H3,(H2,11,16)(H2,12,17). The van der Waals surface area contributed by atoms with Gasteiger partial charge >= 0.3 is 0 Å². The van der Waals surface area contributed by atoms with Crippen molar-refractivity contribution in [2.75, 3.05) is 20.6 Å². The number of aliphatic imine (C=N–C) groups is 1. The molecule has 0 aromatic carbocycles. The first-order valence-corrected chi connectivity index (χ1v) is 5.40. The van der Waals surface area contributed by atoms with Crippen molar-refractivity contribution in [1.29, 1.82) is 0 Å². The topological polar surface area (TPSA) is 114 Å². The summed E-state index contributed by atoms with van der Waals surface area (Å²) in [4.78, 5) is 28.9. The average molecular weight is 241 g/mol. The maximum absolute atomic E-state index is 11.6. The smallest absolute Gasteiger partial charge is 0.265 e. The number of nitrogens with two attached hydrogens (primary N) is 2. The SMILES string of the molecule is CC1N=C(C(N)=O)C(CCN(C)C)(C(N)=O)N1. The van der Waals surface area contributed by atoms with Crippen LogP contribution in [0.1, 0.15) is 13.3 Å². The molecule has 0 aliphatic carbocycles. The van der Waals surface area contributed by atoms with Crippen molar-refractivity contribution in [1.82, 2.24) is 10.2 Å². The van der Waals surface area contributed by atoms with Crippen molar-refractivity contribution in [2.24, 2.45) is 16.5 Å². The molecule has 17 heavy (non-hydrogen) atoms. The van der Waals surface area contributed by atoms with Crippen LogP contribution < -0.4 is 16.8 Å². The van der Waals surface area contributed by atoms with Crippen LogP contribution in [0.3, 0.4) is 0 Å². The third-order valence-electron chi connectivity index (χ3n) is 2.77. The Balaban J connectivity index is 3.03. The summed E-state index contributed by atoms with van der Waals surface area (Å²) in [6, 6.07) is 0. The van der Waals surface area contributed by atoms with E-state index >= 15 is 0 Å². The molecule has 7 nitrogen and oxygen atoms in total. The first-order chi connectivity index (χ1) is 7.79. The fourth-order valence-corrected chi connectivity index (χ4v) is 1.93. The van der Waals surface area contributed by atoms with E-state index in [1.807, 2.05) is 19.0 Å². The Kier molecular flexibility index (Phi) is 3.84. The maximum atomic E-state index is 11.6. The summed E-state index contributed by atoms with van der Waals surface area (Å²) in [6.45, 7) is 2.33. The van der Waals surface area contributed by atoms with Crippen LogP contribution in [0, 0.1) is 0 Å². The molecule has 1 heterocycles. The Bertz CT molecular complexity index is 366. The lowest BCUT2D eigenvalue weighted by molar-refractivity contribution is -0.123. The Labute approximate surface area is 100 Å². The van der Waals surface area contributed by atoms with Crippen LogP contribution >= 0.6 is 0 Å². The fourth-order valence-electron chi connectivity index (χ4n) is 1.93. The van der Waals surface area contributed by atoms with Crippen molar-refractivity contribution in [3.63, 3.8) is 0 Å². The summed E-state index contributed by atoms with van der Waals surface area (Å²) < 4.78 is 0. The van der Waals surface area contributed by atoms with Gasteiger partial charge in [-0.2, -0.15) is 0 Å². The zero-order valence-corrected chi connectivity index (χ0v) is 10.4. The van der Waals surface area contributed by atoms with Crippen molar-refractivity contribution in [3.05, 3.63) is 0 Å². The van der Waals surface area contributed by atoms with E-state index < -0.39 is 17.4 Å². The molecule has 96 valence electrons. The van der Waals surface area contributed by atoms with Crippen LogP contribution in [-0.4, -0.2) is 54.8 Å². The lowest BCUT2D eigenvalue weighted by Gasteiger charge is -2.28. The molecular weight excluding hydrogens is 222 g/mol. The molecule has 0 saturated carbocycles. The van der Waals surface area contributed by atoms with Crippen molar-refractivity contribution < 1.29 is 9.59 Å². The van der Waals surface area contributed by atoms with Gasteiger partial charge in [-0.3, -0.25) is 19.9 Å². The lowest BCUT2D eigenvalue weighted by atomic mass is 9.88. The third kappa shape index (κ3) is 2.62. The van der Waals surface area contributed by atoms with Gasteiger partial charge in [0.25, 0.3) is 5.91 Å². The van der Waals surface area contributed by atoms with Crippen LogP contribution in [0.15, 0.2) is 4.99 Å². The Hall–Kier alpha value is -1.47. The van der Waals surface area contributed by atoms with E-state index in [-0.39, 0.29) is 11.9 Å². The molecule has 0 saturated heterocycles. The summed E-state index contributed by atoms with van der Waals surface area (Å²) in [7, 11) is 3.74. The van der Waals surface area contributed by atoms with Gasteiger partial charge in [-0.05, 0) is 27.4 Å². The number of hydrogen-bond donors (Lipinski definition) is 3. The van der Waals surface area contributed by atoms with E-state index in [1.165, 1.54) is 0 Å². The minimum absolute atomic E-state index is 0.0272. The van der Waals surface area contributed by atoms with Crippen molar-refractivity contribution in [3.8, 4) is 0 Å². The zero-order chi connectivity index (χ0) is 13.2. The van der Waals surface area contributed by atoms with Gasteiger partial charge in [0.2, 0.25) is 5.91 Å². The van der Waals surface area contributed by atoms with Gasteiger partial charge in [-0.15, -0.1) is 0 Å². The number of primary amides is 2. The molecule has 1 aliphatic rings. The van der Waals surface area contributed by atoms with E-state index in [9.17, 15) is 9.59 Å². The normalized spacial score (nSPS) is 28.2. The van der Waals surface area contributed by atoms with Crippen LogP contribution in [0.2, 0.25) is 0 Å². The predicted octanol–water partition coefficient (Wildman–Crippen LogP) is -1.96. The summed E-state index contributed by atoms with van der Waals surface area (Å²) in [5.41, 5.74) is 9.44. The highest BCUT2D eigenvalue weighted by Crippen LogP contribution is 2.21. The highest BCUT2D eigenvalue weighted by molar-refractivity contribution is 6.46. The molecule has 2 amide bonds. The van der Waals surface area contributed by atoms with Gasteiger partial charge in [0, 0.05) is 6.54 Å². The summed E-state index contributed by atoms with van der Waals surface area (Å²) >= 11 is 0. The van der Waals surface area contributed by atoms with E-state index in [2.05, 4.69) is 10.3 Å². The van der Waals surface area contributed by atoms with Crippen molar-refractivity contribution >= 4 is 17.5 Å². The average Bonchev–Trinajstić information content (AvgIpc) is 2.54. The number of nitrogens with zero attached hydrogens (tertiary/aromatic N) is 2. The summed E-state index contributed by atoms with van der Waals surface area (Å²) in [6.07, 6.45) is 0.0220. The van der Waals surface area contributed by atoms with E-state index in [4.69, 9.17) is 11.5 Å². The number of nitrogens with one attached hydrogen (secondary N) is 1. The van der Waals surface area contributed by atoms with E-state index in [1.54, 1.807) is 6.92 Å². The summed E-state index contributed by atoms with van der Waals surface area (Å²) in [5.74, 6) is -1.33. The molecule has 1 rings (SSSR count). The number of rotatable bonds is 5. The molecule has 5 N–H and O–H groups in total. The Morgan fingerprint density at radius 3 is 2.47 bits per heavy atom. The molecule has 7 heteroatoms. The quantitative estimate of drug-likeness (QED) is 0.518. The molecular formula is C10H19N5O2. The highest BCUT2D eigenvalue weighted by atomic mass is 16.2. The highest BCUT2D eigenvalue weighted by Gasteiger charge is 2.48. The van der Waals surface area contributed by atoms with Gasteiger partial charge in [0.05, 0.1) is 6.17 Å². The first-order valence-electron chi connectivity index (χ1n) is 5.40. The minimum Gasteiger partial charge on any atom is -0.368 e. The Morgan fingerprint density at radius 1 is 1.47 bits per heavy atom. The van der Waals surface area contributed by atoms with Gasteiger partial charge < -0.3 is 16.4 Å². The van der Waals surface area contributed by atoms with Crippen LogP contribution in [0.5, 0.6) is 0 Å². The first kappa shape index (κ1) is 13.6. The van der Waals surface area contributed by atoms with E-state index in [0.29, 0.717) is 13.0 Å². The zero-order valence-electron chi connectivity index (χ0n) is 10.4. The molecule has 0 bridgehead atoms. The van der Waals surface area contributed by atoms with E-state index in [0.717, 1.165) is 0 Å². The molecule has 0 aromatic heterocycles. The Morgan fingerprint density at radius 2 is 2.06 bits per heavy atom. The van der Waals surface area contributed by atoms with Gasteiger partial charge in [-0.25, -0.2) is 0 Å². The molecule has 1 aliphatic heterocycles. The fraction of sp³-hybridized carbons (Fsp3) is 0.700. The van der Waals surface area contributed by atoms with Crippen LogP contribution in [-0.2, 0) is 9.59 Å².